The summed E-state index contributed by atoms with van der Waals surface area (Å²) < 4.78 is 45.6. The molecule has 0 saturated carbocycles. The molecule has 4 rings (SSSR count). The highest BCUT2D eigenvalue weighted by molar-refractivity contribution is 5.93. The van der Waals surface area contributed by atoms with Crippen LogP contribution in [0, 0.1) is 5.92 Å². The summed E-state index contributed by atoms with van der Waals surface area (Å²) in [5.74, 6) is 0.293. The summed E-state index contributed by atoms with van der Waals surface area (Å²) in [4.78, 5) is 29.1. The smallest absolute Gasteiger partial charge is 0.416 e. The molecule has 2 aromatic carbocycles. The van der Waals surface area contributed by atoms with E-state index >= 15 is 0 Å². The van der Waals surface area contributed by atoms with Gasteiger partial charge in [-0.3, -0.25) is 9.69 Å². The predicted molar refractivity (Wildman–Crippen MR) is 131 cm³/mol. The molecule has 0 aliphatic heterocycles. The van der Waals surface area contributed by atoms with E-state index in [2.05, 4.69) is 10.3 Å². The standard InChI is InChI=1S/C26H25F3N4O4/c1-33(25(35)36)23-13-22(6-7-31-23)37-21-5-4-16-2-3-17(10-18(16)11-21)24(34)32-20-9-15(14-30)8-19(12-20)26(27,28)29/h4-9,11-13,17H,2-3,10,14,30H2,1H3,(H,32,34)(H,35,36)/t17-/m1/s1. The molecule has 1 atom stereocenters. The van der Waals surface area contributed by atoms with E-state index in [-0.39, 0.29) is 29.5 Å². The van der Waals surface area contributed by atoms with Gasteiger partial charge in [-0.1, -0.05) is 6.07 Å². The van der Waals surface area contributed by atoms with Gasteiger partial charge in [-0.2, -0.15) is 13.2 Å². The normalized spacial score (nSPS) is 15.0. The highest BCUT2D eigenvalue weighted by atomic mass is 19.4. The Morgan fingerprint density at radius 3 is 2.59 bits per heavy atom. The van der Waals surface area contributed by atoms with Crippen LogP contribution in [0.15, 0.2) is 54.7 Å². The molecule has 0 radical (unpaired) electrons. The van der Waals surface area contributed by atoms with Crippen molar-refractivity contribution >= 4 is 23.5 Å². The summed E-state index contributed by atoms with van der Waals surface area (Å²) in [6.07, 6.45) is -2.70. The van der Waals surface area contributed by atoms with E-state index in [1.807, 2.05) is 12.1 Å². The summed E-state index contributed by atoms with van der Waals surface area (Å²) >= 11 is 0. The first-order chi connectivity index (χ1) is 17.5. The Labute approximate surface area is 210 Å². The first-order valence-electron chi connectivity index (χ1n) is 11.5. The number of anilines is 2. The van der Waals surface area contributed by atoms with Crippen molar-refractivity contribution in [1.29, 1.82) is 0 Å². The van der Waals surface area contributed by atoms with Gasteiger partial charge in [0.2, 0.25) is 5.91 Å². The minimum atomic E-state index is -4.55. The molecule has 4 N–H and O–H groups in total. The van der Waals surface area contributed by atoms with Crippen LogP contribution >= 0.6 is 0 Å². The molecular weight excluding hydrogens is 489 g/mol. The van der Waals surface area contributed by atoms with Crippen LogP contribution in [0.4, 0.5) is 29.5 Å². The van der Waals surface area contributed by atoms with Gasteiger partial charge in [-0.25, -0.2) is 9.78 Å². The monoisotopic (exact) mass is 514 g/mol. The summed E-state index contributed by atoms with van der Waals surface area (Å²) in [5, 5.41) is 11.8. The largest absolute Gasteiger partial charge is 0.465 e. The molecule has 37 heavy (non-hydrogen) atoms. The van der Waals surface area contributed by atoms with Crippen molar-refractivity contribution in [2.75, 3.05) is 17.3 Å². The van der Waals surface area contributed by atoms with E-state index in [1.54, 1.807) is 12.1 Å². The van der Waals surface area contributed by atoms with E-state index in [9.17, 15) is 22.8 Å². The van der Waals surface area contributed by atoms with Crippen molar-refractivity contribution in [3.8, 4) is 11.5 Å². The van der Waals surface area contributed by atoms with Crippen LogP contribution in [0.1, 0.15) is 28.7 Å². The van der Waals surface area contributed by atoms with Crippen molar-refractivity contribution in [2.24, 2.45) is 11.7 Å². The first-order valence-corrected chi connectivity index (χ1v) is 11.5. The molecule has 1 aliphatic rings. The molecular formula is C26H25F3N4O4. The zero-order valence-electron chi connectivity index (χ0n) is 19.9. The van der Waals surface area contributed by atoms with E-state index < -0.39 is 23.8 Å². The highest BCUT2D eigenvalue weighted by Gasteiger charge is 2.32. The Morgan fingerprint density at radius 2 is 1.89 bits per heavy atom. The highest BCUT2D eigenvalue weighted by Crippen LogP contribution is 2.34. The third-order valence-corrected chi connectivity index (χ3v) is 6.18. The zero-order valence-corrected chi connectivity index (χ0v) is 19.9. The zero-order chi connectivity index (χ0) is 26.7. The number of halogens is 3. The number of aryl methyl sites for hydroxylation is 1. The molecule has 1 aromatic heterocycles. The number of rotatable bonds is 6. The number of benzene rings is 2. The molecule has 0 bridgehead atoms. The van der Waals surface area contributed by atoms with Crippen molar-refractivity contribution in [3.63, 3.8) is 0 Å². The van der Waals surface area contributed by atoms with Gasteiger partial charge in [0.15, 0.2) is 0 Å². The molecule has 0 saturated heterocycles. The summed E-state index contributed by atoms with van der Waals surface area (Å²) in [6, 6.07) is 11.9. The second-order valence-electron chi connectivity index (χ2n) is 8.77. The average Bonchev–Trinajstić information content (AvgIpc) is 2.87. The lowest BCUT2D eigenvalue weighted by atomic mass is 9.83. The second kappa shape index (κ2) is 10.5. The van der Waals surface area contributed by atoms with Crippen LogP contribution < -0.4 is 20.7 Å². The van der Waals surface area contributed by atoms with E-state index in [1.165, 1.54) is 25.4 Å². The number of ether oxygens (including phenoxy) is 1. The Hall–Kier alpha value is -4.12. The SMILES string of the molecule is CN(C(=O)O)c1cc(Oc2ccc3c(c2)C[C@H](C(=O)Nc2cc(CN)cc(C(F)(F)F)c2)CC3)ccn1. The lowest BCUT2D eigenvalue weighted by molar-refractivity contribution is -0.137. The molecule has 0 spiro atoms. The number of nitrogens with two attached hydrogens (primary N) is 1. The number of nitrogens with one attached hydrogen (secondary N) is 1. The van der Waals surface area contributed by atoms with Gasteiger partial charge >= 0.3 is 12.3 Å². The van der Waals surface area contributed by atoms with Gasteiger partial charge in [0.25, 0.3) is 0 Å². The molecule has 0 fully saturated rings. The lowest BCUT2D eigenvalue weighted by Gasteiger charge is -2.25. The number of hydrogen-bond acceptors (Lipinski definition) is 5. The number of pyridine rings is 1. The minimum Gasteiger partial charge on any atom is -0.465 e. The Morgan fingerprint density at radius 1 is 1.14 bits per heavy atom. The predicted octanol–water partition coefficient (Wildman–Crippen LogP) is 5.21. The molecule has 194 valence electrons. The topological polar surface area (TPSA) is 118 Å². The van der Waals surface area contributed by atoms with Gasteiger partial charge in [0.05, 0.1) is 5.56 Å². The number of fused-ring (bicyclic) bond motifs is 1. The fourth-order valence-electron chi connectivity index (χ4n) is 4.19. The summed E-state index contributed by atoms with van der Waals surface area (Å²) in [7, 11) is 1.37. The molecule has 8 nitrogen and oxygen atoms in total. The van der Waals surface area contributed by atoms with Crippen LogP contribution in [0.3, 0.4) is 0 Å². The minimum absolute atomic E-state index is 0.0583. The molecule has 3 aromatic rings. The molecule has 1 aliphatic carbocycles. The number of alkyl halides is 3. The van der Waals surface area contributed by atoms with E-state index in [0.717, 1.165) is 28.2 Å². The number of carbonyl (C=O) groups is 2. The van der Waals surface area contributed by atoms with Gasteiger partial charge in [-0.15, -0.1) is 0 Å². The summed E-state index contributed by atoms with van der Waals surface area (Å²) in [5.41, 5.74) is 6.96. The van der Waals surface area contributed by atoms with Crippen molar-refractivity contribution in [2.45, 2.75) is 32.0 Å². The van der Waals surface area contributed by atoms with Gasteiger partial charge in [0.1, 0.15) is 17.3 Å². The Balaban J connectivity index is 1.48. The molecule has 0 unspecified atom stereocenters. The summed E-state index contributed by atoms with van der Waals surface area (Å²) in [6.45, 7) is -0.0854. The molecule has 2 amide bonds. The second-order valence-corrected chi connectivity index (χ2v) is 8.77. The first kappa shape index (κ1) is 26.0. The van der Waals surface area contributed by atoms with Crippen LogP contribution in [-0.4, -0.2) is 29.1 Å². The number of carbonyl (C=O) groups excluding carboxylic acids is 1. The lowest BCUT2D eigenvalue weighted by Crippen LogP contribution is -2.28. The van der Waals surface area contributed by atoms with Crippen molar-refractivity contribution < 1.29 is 32.6 Å². The van der Waals surface area contributed by atoms with Gasteiger partial charge in [-0.05, 0) is 72.4 Å². The number of hydrogen-bond donors (Lipinski definition) is 3. The maximum Gasteiger partial charge on any atom is 0.416 e. The molecule has 1 heterocycles. The number of nitrogens with zero attached hydrogens (tertiary/aromatic N) is 2. The number of amides is 2. The van der Waals surface area contributed by atoms with Gasteiger partial charge < -0.3 is 20.9 Å². The third-order valence-electron chi connectivity index (χ3n) is 6.18. The van der Waals surface area contributed by atoms with Crippen LogP contribution in [-0.2, 0) is 30.4 Å². The average molecular weight is 515 g/mol. The quantitative estimate of drug-likeness (QED) is 0.416. The van der Waals surface area contributed by atoms with E-state index in [0.29, 0.717) is 30.8 Å². The van der Waals surface area contributed by atoms with Crippen LogP contribution in [0.2, 0.25) is 0 Å². The fraction of sp³-hybridized carbons (Fsp3) is 0.269. The Kier molecular flexibility index (Phi) is 7.35. The molecule has 11 heteroatoms. The van der Waals surface area contributed by atoms with Crippen LogP contribution in [0.25, 0.3) is 0 Å². The number of aromatic nitrogens is 1. The fourth-order valence-corrected chi connectivity index (χ4v) is 4.19. The van der Waals surface area contributed by atoms with E-state index in [4.69, 9.17) is 15.6 Å². The van der Waals surface area contributed by atoms with Crippen molar-refractivity contribution in [3.05, 3.63) is 77.0 Å². The third kappa shape index (κ3) is 6.18. The van der Waals surface area contributed by atoms with Crippen molar-refractivity contribution in [1.82, 2.24) is 4.98 Å². The maximum atomic E-state index is 13.2. The number of carboxylic acid groups (broad SMARTS) is 1. The van der Waals surface area contributed by atoms with Gasteiger partial charge in [0, 0.05) is 37.5 Å². The van der Waals surface area contributed by atoms with Crippen LogP contribution in [0.5, 0.6) is 11.5 Å². The Bertz CT molecular complexity index is 1330. The maximum absolute atomic E-state index is 13.2.